The highest BCUT2D eigenvalue weighted by molar-refractivity contribution is 5.94. The Morgan fingerprint density at radius 2 is 1.72 bits per heavy atom. The van der Waals surface area contributed by atoms with Gasteiger partial charge in [-0.2, -0.15) is 0 Å². The SMILES string of the molecule is CC(c1ccc(F)cc1)N(C)C(=O)COc1ccc(C(=O)NC2CCCC2)cc1. The Bertz CT molecular complexity index is 830. The van der Waals surface area contributed by atoms with E-state index in [1.165, 1.54) is 25.0 Å². The van der Waals surface area contributed by atoms with Gasteiger partial charge >= 0.3 is 0 Å². The van der Waals surface area contributed by atoms with Gasteiger partial charge in [0, 0.05) is 18.7 Å². The molecule has 0 heterocycles. The lowest BCUT2D eigenvalue weighted by Crippen LogP contribution is -2.33. The van der Waals surface area contributed by atoms with Crippen LogP contribution in [0, 0.1) is 5.82 Å². The number of benzene rings is 2. The van der Waals surface area contributed by atoms with Crippen molar-refractivity contribution in [2.24, 2.45) is 0 Å². The summed E-state index contributed by atoms with van der Waals surface area (Å²) in [7, 11) is 1.69. The quantitative estimate of drug-likeness (QED) is 0.764. The molecule has 0 bridgehead atoms. The third kappa shape index (κ3) is 5.56. The monoisotopic (exact) mass is 398 g/mol. The van der Waals surface area contributed by atoms with Crippen molar-refractivity contribution in [2.75, 3.05) is 13.7 Å². The molecule has 1 atom stereocenters. The highest BCUT2D eigenvalue weighted by atomic mass is 19.1. The fourth-order valence-electron chi connectivity index (χ4n) is 3.47. The van der Waals surface area contributed by atoms with Crippen LogP contribution in [0.25, 0.3) is 0 Å². The van der Waals surface area contributed by atoms with E-state index in [1.807, 2.05) is 6.92 Å². The van der Waals surface area contributed by atoms with E-state index in [0.717, 1.165) is 18.4 Å². The van der Waals surface area contributed by atoms with E-state index in [-0.39, 0.29) is 36.3 Å². The number of nitrogens with zero attached hydrogens (tertiary/aromatic N) is 1. The van der Waals surface area contributed by atoms with Crippen molar-refractivity contribution >= 4 is 11.8 Å². The second kappa shape index (κ2) is 9.54. The molecular weight excluding hydrogens is 371 g/mol. The third-order valence-corrected chi connectivity index (χ3v) is 5.50. The van der Waals surface area contributed by atoms with Crippen LogP contribution in [0.3, 0.4) is 0 Å². The average Bonchev–Trinajstić information content (AvgIpc) is 3.25. The number of hydrogen-bond donors (Lipinski definition) is 1. The normalized spacial score (nSPS) is 15.0. The number of carbonyl (C=O) groups is 2. The average molecular weight is 398 g/mol. The molecule has 1 unspecified atom stereocenters. The Balaban J connectivity index is 1.50. The number of carbonyl (C=O) groups excluding carboxylic acids is 2. The number of amides is 2. The van der Waals surface area contributed by atoms with Crippen LogP contribution in [0.5, 0.6) is 5.75 Å². The zero-order valence-corrected chi connectivity index (χ0v) is 16.9. The number of likely N-dealkylation sites (N-methyl/N-ethyl adjacent to an activating group) is 1. The molecule has 1 aliphatic carbocycles. The Morgan fingerprint density at radius 1 is 1.10 bits per heavy atom. The summed E-state index contributed by atoms with van der Waals surface area (Å²) in [4.78, 5) is 26.3. The van der Waals surface area contributed by atoms with Crippen molar-refractivity contribution in [3.05, 3.63) is 65.5 Å². The smallest absolute Gasteiger partial charge is 0.260 e. The van der Waals surface area contributed by atoms with Crippen LogP contribution in [0.2, 0.25) is 0 Å². The summed E-state index contributed by atoms with van der Waals surface area (Å²) in [6.45, 7) is 1.76. The molecule has 5 nitrogen and oxygen atoms in total. The van der Waals surface area contributed by atoms with Crippen molar-refractivity contribution < 1.29 is 18.7 Å². The molecule has 0 spiro atoms. The summed E-state index contributed by atoms with van der Waals surface area (Å²) in [5.74, 6) is -0.0468. The van der Waals surface area contributed by atoms with Gasteiger partial charge in [0.25, 0.3) is 11.8 Å². The first-order valence-corrected chi connectivity index (χ1v) is 9.99. The van der Waals surface area contributed by atoms with Gasteiger partial charge in [-0.25, -0.2) is 4.39 Å². The van der Waals surface area contributed by atoms with Crippen LogP contribution in [-0.4, -0.2) is 36.4 Å². The van der Waals surface area contributed by atoms with Gasteiger partial charge in [-0.15, -0.1) is 0 Å². The molecule has 0 aliphatic heterocycles. The Hall–Kier alpha value is -2.89. The van der Waals surface area contributed by atoms with Crippen molar-refractivity contribution in [3.63, 3.8) is 0 Å². The fraction of sp³-hybridized carbons (Fsp3) is 0.391. The zero-order chi connectivity index (χ0) is 20.8. The summed E-state index contributed by atoms with van der Waals surface area (Å²) in [6, 6.07) is 13.0. The molecular formula is C23H27FN2O3. The molecule has 29 heavy (non-hydrogen) atoms. The van der Waals surface area contributed by atoms with Gasteiger partial charge in [-0.05, 0) is 61.7 Å². The lowest BCUT2D eigenvalue weighted by atomic mass is 10.1. The van der Waals surface area contributed by atoms with Gasteiger partial charge in [-0.1, -0.05) is 25.0 Å². The van der Waals surface area contributed by atoms with Crippen LogP contribution < -0.4 is 10.1 Å². The predicted octanol–water partition coefficient (Wildman–Crippen LogP) is 4.10. The van der Waals surface area contributed by atoms with Gasteiger partial charge < -0.3 is 15.0 Å². The Kier molecular flexibility index (Phi) is 6.86. The molecule has 1 aliphatic rings. The van der Waals surface area contributed by atoms with Crippen LogP contribution in [0.15, 0.2) is 48.5 Å². The van der Waals surface area contributed by atoms with Gasteiger partial charge in [0.2, 0.25) is 0 Å². The van der Waals surface area contributed by atoms with E-state index in [0.29, 0.717) is 11.3 Å². The summed E-state index contributed by atoms with van der Waals surface area (Å²) in [6.07, 6.45) is 4.41. The molecule has 1 N–H and O–H groups in total. The third-order valence-electron chi connectivity index (χ3n) is 5.50. The first-order chi connectivity index (χ1) is 13.9. The van der Waals surface area contributed by atoms with Gasteiger partial charge in [0.05, 0.1) is 6.04 Å². The van der Waals surface area contributed by atoms with Gasteiger partial charge in [-0.3, -0.25) is 9.59 Å². The molecule has 1 fully saturated rings. The van der Waals surface area contributed by atoms with E-state index < -0.39 is 0 Å². The molecule has 0 radical (unpaired) electrons. The molecule has 2 aromatic carbocycles. The Labute approximate surface area is 170 Å². The van der Waals surface area contributed by atoms with Crippen molar-refractivity contribution in [3.8, 4) is 5.75 Å². The number of nitrogens with one attached hydrogen (secondary N) is 1. The summed E-state index contributed by atoms with van der Waals surface area (Å²) >= 11 is 0. The van der Waals surface area contributed by atoms with Crippen molar-refractivity contribution in [2.45, 2.75) is 44.7 Å². The molecule has 6 heteroatoms. The Morgan fingerprint density at radius 3 is 2.34 bits per heavy atom. The fourth-order valence-corrected chi connectivity index (χ4v) is 3.47. The largest absolute Gasteiger partial charge is 0.484 e. The van der Waals surface area contributed by atoms with Crippen molar-refractivity contribution in [1.29, 1.82) is 0 Å². The van der Waals surface area contributed by atoms with Crippen LogP contribution in [-0.2, 0) is 4.79 Å². The van der Waals surface area contributed by atoms with E-state index in [2.05, 4.69) is 5.32 Å². The zero-order valence-electron chi connectivity index (χ0n) is 16.9. The number of rotatable bonds is 7. The summed E-state index contributed by atoms with van der Waals surface area (Å²) in [5, 5.41) is 3.05. The summed E-state index contributed by atoms with van der Waals surface area (Å²) in [5.41, 5.74) is 1.43. The maximum Gasteiger partial charge on any atom is 0.260 e. The molecule has 0 aromatic heterocycles. The van der Waals surface area contributed by atoms with Gasteiger partial charge in [0.1, 0.15) is 11.6 Å². The topological polar surface area (TPSA) is 58.6 Å². The van der Waals surface area contributed by atoms with E-state index >= 15 is 0 Å². The minimum atomic E-state index is -0.307. The molecule has 1 saturated carbocycles. The first kappa shape index (κ1) is 20.8. The molecule has 3 rings (SSSR count). The van der Waals surface area contributed by atoms with Crippen molar-refractivity contribution in [1.82, 2.24) is 10.2 Å². The second-order valence-corrected chi connectivity index (χ2v) is 7.50. The highest BCUT2D eigenvalue weighted by Gasteiger charge is 2.19. The number of halogens is 1. The molecule has 154 valence electrons. The maximum absolute atomic E-state index is 13.1. The van der Waals surface area contributed by atoms with E-state index in [1.54, 1.807) is 48.3 Å². The van der Waals surface area contributed by atoms with Gasteiger partial charge in [0.15, 0.2) is 6.61 Å². The molecule has 2 aromatic rings. The van der Waals surface area contributed by atoms with Crippen LogP contribution in [0.1, 0.15) is 54.6 Å². The molecule has 0 saturated heterocycles. The standard InChI is InChI=1S/C23H27FN2O3/c1-16(17-7-11-19(24)12-8-17)26(2)22(27)15-29-21-13-9-18(10-14-21)23(28)25-20-5-3-4-6-20/h7-14,16,20H,3-6,15H2,1-2H3,(H,25,28). The molecule has 2 amide bonds. The minimum absolute atomic E-state index is 0.0765. The maximum atomic E-state index is 13.1. The second-order valence-electron chi connectivity index (χ2n) is 7.50. The van der Waals surface area contributed by atoms with E-state index in [4.69, 9.17) is 4.74 Å². The van der Waals surface area contributed by atoms with E-state index in [9.17, 15) is 14.0 Å². The summed E-state index contributed by atoms with van der Waals surface area (Å²) < 4.78 is 18.7. The number of ether oxygens (including phenoxy) is 1. The first-order valence-electron chi connectivity index (χ1n) is 9.99. The predicted molar refractivity (Wildman–Crippen MR) is 109 cm³/mol. The number of hydrogen-bond acceptors (Lipinski definition) is 3. The highest BCUT2D eigenvalue weighted by Crippen LogP contribution is 2.20. The van der Waals surface area contributed by atoms with Crippen LogP contribution >= 0.6 is 0 Å². The lowest BCUT2D eigenvalue weighted by molar-refractivity contribution is -0.134. The minimum Gasteiger partial charge on any atom is -0.484 e. The van der Waals surface area contributed by atoms with Crippen LogP contribution in [0.4, 0.5) is 4.39 Å². The lowest BCUT2D eigenvalue weighted by Gasteiger charge is -2.25.